The van der Waals surface area contributed by atoms with Gasteiger partial charge in [0.2, 0.25) is 0 Å². The van der Waals surface area contributed by atoms with Crippen LogP contribution in [-0.2, 0) is 4.74 Å². The third-order valence-corrected chi connectivity index (χ3v) is 3.96. The molecule has 0 saturated carbocycles. The minimum atomic E-state index is 0.0606. The fraction of sp³-hybridized carbons (Fsp3) is 0.222. The number of hydrogen-bond acceptors (Lipinski definition) is 3. The van der Waals surface area contributed by atoms with Gasteiger partial charge in [0.1, 0.15) is 11.5 Å². The summed E-state index contributed by atoms with van der Waals surface area (Å²) < 4.78 is 5.43. The molecule has 0 saturated heterocycles. The average Bonchev–Trinajstić information content (AvgIpc) is 3.19. The molecule has 2 aromatic rings. The predicted octanol–water partition coefficient (Wildman–Crippen LogP) is 3.54. The molecule has 2 N–H and O–H groups in total. The number of carbonyl (C=O) groups is 1. The lowest BCUT2D eigenvalue weighted by molar-refractivity contribution is 0.101. The number of ether oxygens (including phenoxy) is 1. The number of aryl methyl sites for hydroxylation is 1. The fourth-order valence-electron chi connectivity index (χ4n) is 2.89. The summed E-state index contributed by atoms with van der Waals surface area (Å²) in [5, 5.41) is 0. The van der Waals surface area contributed by atoms with E-state index in [9.17, 15) is 4.79 Å². The van der Waals surface area contributed by atoms with Crippen molar-refractivity contribution in [1.29, 1.82) is 0 Å². The van der Waals surface area contributed by atoms with E-state index in [0.29, 0.717) is 5.76 Å². The van der Waals surface area contributed by atoms with E-state index in [2.05, 4.69) is 15.0 Å². The Morgan fingerprint density at radius 2 is 2.13 bits per heavy atom. The molecule has 0 radical (unpaired) electrons. The Morgan fingerprint density at radius 1 is 1.35 bits per heavy atom. The highest BCUT2D eigenvalue weighted by atomic mass is 16.5. The van der Waals surface area contributed by atoms with Gasteiger partial charge in [-0.25, -0.2) is 4.99 Å². The number of carbonyl (C=O) groups excluding carboxylic acids is 1. The maximum Gasteiger partial charge on any atom is 0.161 e. The summed E-state index contributed by atoms with van der Waals surface area (Å²) in [5.74, 6) is 0.760. The summed E-state index contributed by atoms with van der Waals surface area (Å²) in [6.07, 6.45) is 5.67. The SMILES string of the molecule is COC1=CC(c2ccc[nH]2)=NC1=Cc1[nH]c(C)c(C(C)=O)c1C. The Labute approximate surface area is 134 Å². The molecule has 5 heteroatoms. The summed E-state index contributed by atoms with van der Waals surface area (Å²) in [6.45, 7) is 5.42. The maximum absolute atomic E-state index is 11.8. The first-order valence-electron chi connectivity index (χ1n) is 7.41. The standard InChI is InChI=1S/C18H19N3O2/c1-10-14(20-11(2)18(10)12(3)22)8-16-17(23-4)9-15(21-16)13-6-5-7-19-13/h5-9,19-20H,1-4H3. The van der Waals surface area contributed by atoms with Gasteiger partial charge in [0.15, 0.2) is 5.78 Å². The van der Waals surface area contributed by atoms with Gasteiger partial charge in [-0.15, -0.1) is 0 Å². The monoisotopic (exact) mass is 309 g/mol. The number of hydrogen-bond donors (Lipinski definition) is 2. The minimum absolute atomic E-state index is 0.0606. The first-order chi connectivity index (χ1) is 11.0. The normalized spacial score (nSPS) is 15.7. The second kappa shape index (κ2) is 5.76. The molecule has 0 spiro atoms. The molecule has 2 aromatic heterocycles. The number of aromatic nitrogens is 2. The molecule has 0 unspecified atom stereocenters. The Morgan fingerprint density at radius 3 is 2.70 bits per heavy atom. The molecule has 0 atom stereocenters. The summed E-state index contributed by atoms with van der Waals surface area (Å²) in [5.41, 5.74) is 5.92. The number of nitrogens with zero attached hydrogens (tertiary/aromatic N) is 1. The zero-order valence-electron chi connectivity index (χ0n) is 13.7. The Kier molecular flexibility index (Phi) is 3.78. The van der Waals surface area contributed by atoms with Crippen molar-refractivity contribution in [3.8, 4) is 0 Å². The van der Waals surface area contributed by atoms with E-state index in [-0.39, 0.29) is 5.78 Å². The first-order valence-corrected chi connectivity index (χ1v) is 7.41. The molecule has 0 aromatic carbocycles. The van der Waals surface area contributed by atoms with E-state index in [1.54, 1.807) is 14.0 Å². The van der Waals surface area contributed by atoms with Crippen LogP contribution in [0, 0.1) is 13.8 Å². The molecular formula is C18H19N3O2. The van der Waals surface area contributed by atoms with Crippen molar-refractivity contribution in [2.24, 2.45) is 4.99 Å². The van der Waals surface area contributed by atoms with E-state index in [1.165, 1.54) is 0 Å². The van der Waals surface area contributed by atoms with Crippen molar-refractivity contribution in [2.45, 2.75) is 20.8 Å². The number of aromatic amines is 2. The zero-order chi connectivity index (χ0) is 16.6. The minimum Gasteiger partial charge on any atom is -0.494 e. The van der Waals surface area contributed by atoms with Crippen LogP contribution in [0.1, 0.15) is 39.9 Å². The van der Waals surface area contributed by atoms with E-state index in [0.717, 1.165) is 39.6 Å². The third kappa shape index (κ3) is 2.65. The Hall–Kier alpha value is -2.82. The molecular weight excluding hydrogens is 290 g/mol. The highest BCUT2D eigenvalue weighted by Gasteiger charge is 2.19. The van der Waals surface area contributed by atoms with Crippen LogP contribution in [0.15, 0.2) is 40.9 Å². The van der Waals surface area contributed by atoms with Gasteiger partial charge in [-0.3, -0.25) is 4.79 Å². The van der Waals surface area contributed by atoms with E-state index < -0.39 is 0 Å². The molecule has 0 amide bonds. The molecule has 1 aliphatic rings. The second-order valence-electron chi connectivity index (χ2n) is 5.54. The number of allylic oxidation sites excluding steroid dienone is 1. The van der Waals surface area contributed by atoms with Crippen molar-refractivity contribution in [3.63, 3.8) is 0 Å². The molecule has 0 bridgehead atoms. The molecule has 3 heterocycles. The van der Waals surface area contributed by atoms with E-state index in [1.807, 2.05) is 44.3 Å². The van der Waals surface area contributed by atoms with Crippen molar-refractivity contribution in [3.05, 3.63) is 64.1 Å². The highest BCUT2D eigenvalue weighted by molar-refractivity contribution is 6.11. The largest absolute Gasteiger partial charge is 0.494 e. The number of aliphatic imine (C=N–C) groups is 1. The molecule has 5 nitrogen and oxygen atoms in total. The van der Waals surface area contributed by atoms with Crippen molar-refractivity contribution in [2.75, 3.05) is 7.11 Å². The van der Waals surface area contributed by atoms with Crippen LogP contribution in [0.3, 0.4) is 0 Å². The average molecular weight is 309 g/mol. The van der Waals surface area contributed by atoms with E-state index >= 15 is 0 Å². The second-order valence-corrected chi connectivity index (χ2v) is 5.54. The van der Waals surface area contributed by atoms with Gasteiger partial charge in [-0.05, 0) is 44.5 Å². The number of nitrogens with one attached hydrogen (secondary N) is 2. The molecule has 0 fully saturated rings. The van der Waals surface area contributed by atoms with Crippen LogP contribution in [0.2, 0.25) is 0 Å². The number of H-pyrrole nitrogens is 2. The lowest BCUT2D eigenvalue weighted by atomic mass is 10.1. The number of Topliss-reactive ketones (excluding diaryl/α,β-unsaturated/α-hetero) is 1. The quantitative estimate of drug-likeness (QED) is 0.848. The molecule has 118 valence electrons. The molecule has 23 heavy (non-hydrogen) atoms. The smallest absolute Gasteiger partial charge is 0.161 e. The van der Waals surface area contributed by atoms with Gasteiger partial charge in [0.05, 0.1) is 18.5 Å². The third-order valence-electron chi connectivity index (χ3n) is 3.96. The van der Waals surface area contributed by atoms with Crippen molar-refractivity contribution >= 4 is 17.6 Å². The topological polar surface area (TPSA) is 70.2 Å². The molecule has 1 aliphatic heterocycles. The van der Waals surface area contributed by atoms with Gasteiger partial charge in [-0.2, -0.15) is 0 Å². The van der Waals surface area contributed by atoms with Crippen LogP contribution in [0.4, 0.5) is 0 Å². The molecule has 0 aliphatic carbocycles. The summed E-state index contributed by atoms with van der Waals surface area (Å²) in [7, 11) is 1.63. The van der Waals surface area contributed by atoms with Gasteiger partial charge in [0.25, 0.3) is 0 Å². The fourth-order valence-corrected chi connectivity index (χ4v) is 2.89. The number of ketones is 1. The number of methoxy groups -OCH3 is 1. The van der Waals surface area contributed by atoms with Crippen LogP contribution in [0.25, 0.3) is 6.08 Å². The lowest BCUT2D eigenvalue weighted by Crippen LogP contribution is -1.94. The van der Waals surface area contributed by atoms with Gasteiger partial charge in [0, 0.05) is 29.2 Å². The van der Waals surface area contributed by atoms with Crippen LogP contribution in [0.5, 0.6) is 0 Å². The van der Waals surface area contributed by atoms with Crippen molar-refractivity contribution in [1.82, 2.24) is 9.97 Å². The lowest BCUT2D eigenvalue weighted by Gasteiger charge is -2.01. The summed E-state index contributed by atoms with van der Waals surface area (Å²) in [4.78, 5) is 22.8. The van der Waals surface area contributed by atoms with Gasteiger partial charge in [-0.1, -0.05) is 0 Å². The van der Waals surface area contributed by atoms with Crippen LogP contribution < -0.4 is 0 Å². The summed E-state index contributed by atoms with van der Waals surface area (Å²) >= 11 is 0. The van der Waals surface area contributed by atoms with Crippen LogP contribution >= 0.6 is 0 Å². The Balaban J connectivity index is 2.04. The zero-order valence-corrected chi connectivity index (χ0v) is 13.7. The maximum atomic E-state index is 11.8. The molecule has 3 rings (SSSR count). The first kappa shape index (κ1) is 15.1. The highest BCUT2D eigenvalue weighted by Crippen LogP contribution is 2.27. The van der Waals surface area contributed by atoms with E-state index in [4.69, 9.17) is 4.74 Å². The Bertz CT molecular complexity index is 849. The number of rotatable bonds is 4. The van der Waals surface area contributed by atoms with Gasteiger partial charge >= 0.3 is 0 Å². The van der Waals surface area contributed by atoms with Crippen molar-refractivity contribution < 1.29 is 9.53 Å². The summed E-state index contributed by atoms with van der Waals surface area (Å²) in [6, 6.07) is 3.89. The van der Waals surface area contributed by atoms with Crippen LogP contribution in [-0.4, -0.2) is 28.6 Å². The predicted molar refractivity (Wildman–Crippen MR) is 90.7 cm³/mol. The van der Waals surface area contributed by atoms with Gasteiger partial charge < -0.3 is 14.7 Å².